The Kier molecular flexibility index (Phi) is 4.04. The van der Waals surface area contributed by atoms with Crippen LogP contribution in [-0.2, 0) is 6.67 Å². The van der Waals surface area contributed by atoms with Crippen LogP contribution in [0.5, 0.6) is 0 Å². The van der Waals surface area contributed by atoms with Gasteiger partial charge in [-0.05, 0) is 43.6 Å². The molecule has 0 aromatic carbocycles. The molecule has 20 heavy (non-hydrogen) atoms. The number of rotatable bonds is 2. The predicted molar refractivity (Wildman–Crippen MR) is 84.0 cm³/mol. The monoisotopic (exact) mass is 330 g/mol. The molecule has 1 fully saturated rings. The van der Waals surface area contributed by atoms with E-state index >= 15 is 0 Å². The molecule has 108 valence electrons. The van der Waals surface area contributed by atoms with Crippen molar-refractivity contribution >= 4 is 41.1 Å². The van der Waals surface area contributed by atoms with E-state index in [1.807, 2.05) is 4.68 Å². The van der Waals surface area contributed by atoms with Gasteiger partial charge in [0.2, 0.25) is 4.77 Å². The first kappa shape index (κ1) is 14.3. The van der Waals surface area contributed by atoms with Crippen LogP contribution >= 0.6 is 35.4 Å². The molecule has 0 bridgehead atoms. The number of halogens is 2. The van der Waals surface area contributed by atoms with E-state index in [-0.39, 0.29) is 0 Å². The van der Waals surface area contributed by atoms with Gasteiger partial charge in [-0.1, -0.05) is 30.1 Å². The molecular weight excluding hydrogens is 315 g/mol. The molecule has 0 unspecified atom stereocenters. The molecular formula is C13H16Cl2N4S. The SMILES string of the molecule is C[C@@H]1CCCN(Cn2nc3c(Cl)cc(Cl)cn3c2=S)C1. The van der Waals surface area contributed by atoms with Crippen LogP contribution < -0.4 is 0 Å². The maximum absolute atomic E-state index is 6.17. The van der Waals surface area contributed by atoms with Crippen LogP contribution in [0.1, 0.15) is 19.8 Å². The van der Waals surface area contributed by atoms with Gasteiger partial charge in [0.15, 0.2) is 5.65 Å². The summed E-state index contributed by atoms with van der Waals surface area (Å²) in [6, 6.07) is 1.69. The lowest BCUT2D eigenvalue weighted by Crippen LogP contribution is -2.36. The molecule has 3 rings (SSSR count). The van der Waals surface area contributed by atoms with E-state index in [0.29, 0.717) is 27.1 Å². The minimum atomic E-state index is 0.523. The highest BCUT2D eigenvalue weighted by Crippen LogP contribution is 2.22. The van der Waals surface area contributed by atoms with Gasteiger partial charge in [0, 0.05) is 12.7 Å². The van der Waals surface area contributed by atoms with Gasteiger partial charge in [0.05, 0.1) is 16.7 Å². The summed E-state index contributed by atoms with van der Waals surface area (Å²) >= 11 is 17.7. The van der Waals surface area contributed by atoms with E-state index in [0.717, 1.165) is 19.0 Å². The summed E-state index contributed by atoms with van der Waals surface area (Å²) in [6.45, 7) is 5.17. The lowest BCUT2D eigenvalue weighted by atomic mass is 10.0. The molecule has 0 N–H and O–H groups in total. The van der Waals surface area contributed by atoms with Crippen molar-refractivity contribution in [3.8, 4) is 0 Å². The Morgan fingerprint density at radius 2 is 2.25 bits per heavy atom. The first-order valence-electron chi connectivity index (χ1n) is 6.71. The fraction of sp³-hybridized carbons (Fsp3) is 0.538. The lowest BCUT2D eigenvalue weighted by Gasteiger charge is -2.30. The highest BCUT2D eigenvalue weighted by molar-refractivity contribution is 7.71. The zero-order valence-electron chi connectivity index (χ0n) is 11.2. The molecule has 7 heteroatoms. The molecule has 0 spiro atoms. The van der Waals surface area contributed by atoms with Crippen molar-refractivity contribution in [2.45, 2.75) is 26.4 Å². The van der Waals surface area contributed by atoms with Gasteiger partial charge >= 0.3 is 0 Å². The molecule has 4 nitrogen and oxygen atoms in total. The first-order chi connectivity index (χ1) is 9.54. The number of hydrogen-bond donors (Lipinski definition) is 0. The van der Waals surface area contributed by atoms with Gasteiger partial charge in [-0.25, -0.2) is 4.68 Å². The van der Waals surface area contributed by atoms with Crippen molar-refractivity contribution in [3.63, 3.8) is 0 Å². The minimum absolute atomic E-state index is 0.523. The molecule has 2 aromatic rings. The number of likely N-dealkylation sites (tertiary alicyclic amines) is 1. The summed E-state index contributed by atoms with van der Waals surface area (Å²) in [4.78, 5) is 2.38. The second kappa shape index (κ2) is 5.64. The maximum atomic E-state index is 6.17. The summed E-state index contributed by atoms with van der Waals surface area (Å²) in [5.74, 6) is 0.730. The Morgan fingerprint density at radius 3 is 3.00 bits per heavy atom. The van der Waals surface area contributed by atoms with Crippen LogP contribution in [0, 0.1) is 10.7 Å². The molecule has 2 aromatic heterocycles. The van der Waals surface area contributed by atoms with E-state index < -0.39 is 0 Å². The van der Waals surface area contributed by atoms with Crippen molar-refractivity contribution < 1.29 is 0 Å². The average molecular weight is 331 g/mol. The largest absolute Gasteiger partial charge is 0.284 e. The summed E-state index contributed by atoms with van der Waals surface area (Å²) in [5.41, 5.74) is 0.658. The van der Waals surface area contributed by atoms with E-state index in [1.54, 1.807) is 16.7 Å². The summed E-state index contributed by atoms with van der Waals surface area (Å²) in [5, 5.41) is 5.60. The van der Waals surface area contributed by atoms with Gasteiger partial charge in [-0.15, -0.1) is 5.10 Å². The Balaban J connectivity index is 1.94. The zero-order chi connectivity index (χ0) is 14.3. The first-order valence-corrected chi connectivity index (χ1v) is 7.87. The third kappa shape index (κ3) is 2.72. The van der Waals surface area contributed by atoms with Gasteiger partial charge in [0.1, 0.15) is 0 Å². The third-order valence-electron chi connectivity index (χ3n) is 3.68. The van der Waals surface area contributed by atoms with Gasteiger partial charge in [0.25, 0.3) is 0 Å². The van der Waals surface area contributed by atoms with Crippen LogP contribution in [0.4, 0.5) is 0 Å². The highest BCUT2D eigenvalue weighted by Gasteiger charge is 2.18. The molecule has 0 saturated carbocycles. The van der Waals surface area contributed by atoms with Crippen molar-refractivity contribution in [2.75, 3.05) is 13.1 Å². The Hall–Kier alpha value is -0.620. The number of pyridine rings is 1. The maximum Gasteiger partial charge on any atom is 0.203 e. The number of fused-ring (bicyclic) bond motifs is 1. The van der Waals surface area contributed by atoms with Crippen LogP contribution in [0.15, 0.2) is 12.3 Å². The van der Waals surface area contributed by atoms with E-state index in [1.165, 1.54) is 12.8 Å². The normalized spacial score (nSPS) is 20.6. The standard InChI is InChI=1S/C13H16Cl2N4S/c1-9-3-2-4-17(6-9)8-19-13(20)18-7-10(14)5-11(15)12(18)16-19/h5,7,9H,2-4,6,8H2,1H3/t9-/m1/s1. The fourth-order valence-electron chi connectivity index (χ4n) is 2.74. The predicted octanol–water partition coefficient (Wildman–Crippen LogP) is 3.86. The van der Waals surface area contributed by atoms with Crippen molar-refractivity contribution in [2.24, 2.45) is 5.92 Å². The Labute approximate surface area is 132 Å². The fourth-order valence-corrected chi connectivity index (χ4v) is 3.49. The number of aromatic nitrogens is 3. The van der Waals surface area contributed by atoms with Gasteiger partial charge < -0.3 is 0 Å². The van der Waals surface area contributed by atoms with Gasteiger partial charge in [-0.2, -0.15) is 0 Å². The third-order valence-corrected chi connectivity index (χ3v) is 4.57. The van der Waals surface area contributed by atoms with Gasteiger partial charge in [-0.3, -0.25) is 9.30 Å². The van der Waals surface area contributed by atoms with Crippen molar-refractivity contribution in [3.05, 3.63) is 27.1 Å². The second-order valence-corrected chi connectivity index (χ2v) is 6.66. The van der Waals surface area contributed by atoms with Crippen molar-refractivity contribution in [1.82, 2.24) is 19.1 Å². The molecule has 0 amide bonds. The topological polar surface area (TPSA) is 25.5 Å². The summed E-state index contributed by atoms with van der Waals surface area (Å²) < 4.78 is 4.22. The number of nitrogens with zero attached hydrogens (tertiary/aromatic N) is 4. The van der Waals surface area contributed by atoms with Crippen LogP contribution in [0.25, 0.3) is 5.65 Å². The Bertz CT molecular complexity index is 693. The van der Waals surface area contributed by atoms with Crippen LogP contribution in [0.2, 0.25) is 10.0 Å². The van der Waals surface area contributed by atoms with Crippen molar-refractivity contribution in [1.29, 1.82) is 0 Å². The average Bonchev–Trinajstić information content (AvgIpc) is 2.68. The lowest BCUT2D eigenvalue weighted by molar-refractivity contribution is 0.138. The summed E-state index contributed by atoms with van der Waals surface area (Å²) in [7, 11) is 0. The molecule has 3 heterocycles. The summed E-state index contributed by atoms with van der Waals surface area (Å²) in [6.07, 6.45) is 4.29. The number of hydrogen-bond acceptors (Lipinski definition) is 3. The van der Waals surface area contributed by atoms with E-state index in [4.69, 9.17) is 35.4 Å². The van der Waals surface area contributed by atoms with E-state index in [2.05, 4.69) is 16.9 Å². The number of piperidine rings is 1. The quantitative estimate of drug-likeness (QED) is 0.782. The molecule has 1 atom stereocenters. The molecule has 1 aliphatic heterocycles. The molecule has 1 aliphatic rings. The van der Waals surface area contributed by atoms with Crippen LogP contribution in [-0.4, -0.2) is 32.2 Å². The highest BCUT2D eigenvalue weighted by atomic mass is 35.5. The molecule has 1 saturated heterocycles. The zero-order valence-corrected chi connectivity index (χ0v) is 13.5. The second-order valence-electron chi connectivity index (χ2n) is 5.45. The smallest absolute Gasteiger partial charge is 0.203 e. The van der Waals surface area contributed by atoms with Crippen LogP contribution in [0.3, 0.4) is 0 Å². The Morgan fingerprint density at radius 1 is 1.45 bits per heavy atom. The molecule has 0 aliphatic carbocycles. The minimum Gasteiger partial charge on any atom is -0.284 e. The molecule has 0 radical (unpaired) electrons. The van der Waals surface area contributed by atoms with E-state index in [9.17, 15) is 0 Å².